The topological polar surface area (TPSA) is 34.1 Å². The Labute approximate surface area is 97.2 Å². The summed E-state index contributed by atoms with van der Waals surface area (Å²) in [5, 5.41) is 3.52. The Balaban J connectivity index is 1.71. The maximum atomic E-state index is 5.64. The Kier molecular flexibility index (Phi) is 4.17. The molecule has 1 N–H and O–H groups in total. The van der Waals surface area contributed by atoms with Crippen LogP contribution in [0.25, 0.3) is 0 Å². The number of hydrogen-bond acceptors (Lipinski definition) is 3. The van der Waals surface area contributed by atoms with Gasteiger partial charge in [-0.25, -0.2) is 4.98 Å². The van der Waals surface area contributed by atoms with Crippen molar-refractivity contribution in [2.75, 3.05) is 13.2 Å². The highest BCUT2D eigenvalue weighted by Gasteiger charge is 2.12. The van der Waals surface area contributed by atoms with E-state index in [1.807, 2.05) is 12.1 Å². The summed E-state index contributed by atoms with van der Waals surface area (Å²) in [6, 6.07) is 4.60. The van der Waals surface area contributed by atoms with Gasteiger partial charge in [-0.1, -0.05) is 6.42 Å². The van der Waals surface area contributed by atoms with Gasteiger partial charge in [0.2, 0.25) is 5.88 Å². The van der Waals surface area contributed by atoms with Crippen LogP contribution in [-0.2, 0) is 0 Å². The van der Waals surface area contributed by atoms with Gasteiger partial charge in [-0.3, -0.25) is 0 Å². The molecule has 0 aromatic carbocycles. The monoisotopic (exact) mass is 220 g/mol. The van der Waals surface area contributed by atoms with Crippen LogP contribution in [0, 0.1) is 6.92 Å². The van der Waals surface area contributed by atoms with E-state index in [0.29, 0.717) is 6.04 Å². The smallest absolute Gasteiger partial charge is 0.213 e. The van der Waals surface area contributed by atoms with Crippen LogP contribution in [-0.4, -0.2) is 24.2 Å². The number of hydrogen-bond donors (Lipinski definition) is 1. The highest BCUT2D eigenvalue weighted by molar-refractivity contribution is 5.18. The van der Waals surface area contributed by atoms with Crippen molar-refractivity contribution < 1.29 is 4.74 Å². The fraction of sp³-hybridized carbons (Fsp3) is 0.615. The van der Waals surface area contributed by atoms with Crippen molar-refractivity contribution in [2.45, 2.75) is 38.6 Å². The fourth-order valence-corrected chi connectivity index (χ4v) is 2.06. The maximum absolute atomic E-state index is 5.64. The Bertz CT molecular complexity index is 321. The molecule has 3 heteroatoms. The summed E-state index contributed by atoms with van der Waals surface area (Å²) < 4.78 is 5.64. The van der Waals surface area contributed by atoms with E-state index in [1.54, 1.807) is 6.20 Å². The first-order valence-electron chi connectivity index (χ1n) is 6.13. The first-order chi connectivity index (χ1) is 7.84. The molecule has 0 aliphatic carbocycles. The van der Waals surface area contributed by atoms with Crippen molar-refractivity contribution >= 4 is 0 Å². The number of piperidine rings is 1. The van der Waals surface area contributed by atoms with E-state index in [0.717, 1.165) is 25.5 Å². The predicted molar refractivity (Wildman–Crippen MR) is 64.7 cm³/mol. The maximum Gasteiger partial charge on any atom is 0.213 e. The summed E-state index contributed by atoms with van der Waals surface area (Å²) in [5.41, 5.74) is 1.20. The lowest BCUT2D eigenvalue weighted by molar-refractivity contribution is 0.260. The zero-order valence-electron chi connectivity index (χ0n) is 9.91. The van der Waals surface area contributed by atoms with Gasteiger partial charge in [0.15, 0.2) is 0 Å². The van der Waals surface area contributed by atoms with E-state index in [1.165, 1.54) is 24.8 Å². The number of pyridine rings is 1. The van der Waals surface area contributed by atoms with Crippen LogP contribution >= 0.6 is 0 Å². The van der Waals surface area contributed by atoms with Crippen molar-refractivity contribution in [1.29, 1.82) is 0 Å². The molecule has 2 heterocycles. The van der Waals surface area contributed by atoms with Crippen LogP contribution in [0.5, 0.6) is 5.88 Å². The van der Waals surface area contributed by atoms with E-state index >= 15 is 0 Å². The largest absolute Gasteiger partial charge is 0.478 e. The van der Waals surface area contributed by atoms with Gasteiger partial charge in [0.25, 0.3) is 0 Å². The second-order valence-corrected chi connectivity index (χ2v) is 4.46. The van der Waals surface area contributed by atoms with Gasteiger partial charge in [0.1, 0.15) is 0 Å². The third-order valence-corrected chi connectivity index (χ3v) is 3.02. The van der Waals surface area contributed by atoms with Gasteiger partial charge >= 0.3 is 0 Å². The molecule has 1 aromatic rings. The number of nitrogens with zero attached hydrogens (tertiary/aromatic N) is 1. The number of nitrogens with one attached hydrogen (secondary N) is 1. The second-order valence-electron chi connectivity index (χ2n) is 4.46. The van der Waals surface area contributed by atoms with E-state index in [4.69, 9.17) is 4.74 Å². The minimum Gasteiger partial charge on any atom is -0.478 e. The first kappa shape index (κ1) is 11.4. The molecule has 0 spiro atoms. The molecule has 16 heavy (non-hydrogen) atoms. The van der Waals surface area contributed by atoms with Gasteiger partial charge in [-0.05, 0) is 44.4 Å². The third kappa shape index (κ3) is 3.49. The third-order valence-electron chi connectivity index (χ3n) is 3.02. The predicted octanol–water partition coefficient (Wildman–Crippen LogP) is 2.30. The first-order valence-corrected chi connectivity index (χ1v) is 6.13. The van der Waals surface area contributed by atoms with E-state index in [-0.39, 0.29) is 0 Å². The van der Waals surface area contributed by atoms with Crippen molar-refractivity contribution in [3.63, 3.8) is 0 Å². The summed E-state index contributed by atoms with van der Waals surface area (Å²) in [7, 11) is 0. The Morgan fingerprint density at radius 1 is 1.50 bits per heavy atom. The van der Waals surface area contributed by atoms with Crippen LogP contribution in [0.1, 0.15) is 31.2 Å². The molecule has 0 bridgehead atoms. The molecule has 1 aromatic heterocycles. The van der Waals surface area contributed by atoms with Crippen LogP contribution in [0.3, 0.4) is 0 Å². The molecule has 88 valence electrons. The molecule has 1 aliphatic rings. The molecule has 0 unspecified atom stereocenters. The van der Waals surface area contributed by atoms with Crippen molar-refractivity contribution in [3.05, 3.63) is 23.9 Å². The Hall–Kier alpha value is -1.09. The molecular weight excluding hydrogens is 200 g/mol. The highest BCUT2D eigenvalue weighted by atomic mass is 16.5. The lowest BCUT2D eigenvalue weighted by Gasteiger charge is -2.23. The summed E-state index contributed by atoms with van der Waals surface area (Å²) in [6.07, 6.45) is 6.82. The molecule has 0 amide bonds. The molecule has 1 fully saturated rings. The molecule has 1 saturated heterocycles. The summed E-state index contributed by atoms with van der Waals surface area (Å²) in [4.78, 5) is 4.18. The summed E-state index contributed by atoms with van der Waals surface area (Å²) in [5.74, 6) is 0.746. The average molecular weight is 220 g/mol. The molecule has 3 nitrogen and oxygen atoms in total. The van der Waals surface area contributed by atoms with Crippen molar-refractivity contribution in [1.82, 2.24) is 10.3 Å². The summed E-state index contributed by atoms with van der Waals surface area (Å²) in [6.45, 7) is 3.97. The number of aryl methyl sites for hydroxylation is 1. The minimum atomic E-state index is 0.638. The van der Waals surface area contributed by atoms with E-state index in [2.05, 4.69) is 17.2 Å². The van der Waals surface area contributed by atoms with Gasteiger partial charge < -0.3 is 10.1 Å². The lowest BCUT2D eigenvalue weighted by atomic mass is 10.0. The highest BCUT2D eigenvalue weighted by Crippen LogP contribution is 2.12. The van der Waals surface area contributed by atoms with Gasteiger partial charge in [0.05, 0.1) is 6.61 Å². The van der Waals surface area contributed by atoms with Gasteiger partial charge in [0, 0.05) is 18.3 Å². The minimum absolute atomic E-state index is 0.638. The van der Waals surface area contributed by atoms with Crippen molar-refractivity contribution in [2.24, 2.45) is 0 Å². The second kappa shape index (κ2) is 5.85. The van der Waals surface area contributed by atoms with Crippen LogP contribution in [0.2, 0.25) is 0 Å². The normalized spacial score (nSPS) is 20.7. The van der Waals surface area contributed by atoms with Crippen LogP contribution in [0.15, 0.2) is 18.3 Å². The Morgan fingerprint density at radius 2 is 2.44 bits per heavy atom. The number of ether oxygens (including phenoxy) is 1. The number of rotatable bonds is 4. The van der Waals surface area contributed by atoms with Crippen molar-refractivity contribution in [3.8, 4) is 5.88 Å². The molecule has 1 aliphatic heterocycles. The standard InChI is InChI=1S/C13H20N2O/c1-11-5-8-15-13(10-11)16-9-6-12-4-2-3-7-14-12/h5,8,10,12,14H,2-4,6-7,9H2,1H3/t12-/m1/s1. The Morgan fingerprint density at radius 3 is 3.19 bits per heavy atom. The number of aromatic nitrogens is 1. The SMILES string of the molecule is Cc1ccnc(OCC[C@H]2CCCCN2)c1. The fourth-order valence-electron chi connectivity index (χ4n) is 2.06. The quantitative estimate of drug-likeness (QED) is 0.845. The summed E-state index contributed by atoms with van der Waals surface area (Å²) >= 11 is 0. The van der Waals surface area contributed by atoms with Gasteiger partial charge in [-0.2, -0.15) is 0 Å². The molecule has 0 saturated carbocycles. The molecule has 2 rings (SSSR count). The van der Waals surface area contributed by atoms with Gasteiger partial charge in [-0.15, -0.1) is 0 Å². The average Bonchev–Trinajstić information content (AvgIpc) is 2.30. The molecular formula is C13H20N2O. The molecule has 1 atom stereocenters. The van der Waals surface area contributed by atoms with E-state index < -0.39 is 0 Å². The lowest BCUT2D eigenvalue weighted by Crippen LogP contribution is -2.35. The van der Waals surface area contributed by atoms with Crippen LogP contribution < -0.4 is 10.1 Å². The van der Waals surface area contributed by atoms with E-state index in [9.17, 15) is 0 Å². The zero-order chi connectivity index (χ0) is 11.2. The molecule has 0 radical (unpaired) electrons. The zero-order valence-corrected chi connectivity index (χ0v) is 9.91. The van der Waals surface area contributed by atoms with Crippen LogP contribution in [0.4, 0.5) is 0 Å².